The Hall–Kier alpha value is -3.66. The predicted octanol–water partition coefficient (Wildman–Crippen LogP) is 5.91. The Morgan fingerprint density at radius 1 is 1.09 bits per heavy atom. The number of aryl methyl sites for hydroxylation is 1. The first-order valence-electron chi connectivity index (χ1n) is 11.1. The number of nitrogens with zero attached hydrogens (tertiary/aromatic N) is 2. The van der Waals surface area contributed by atoms with E-state index in [-0.39, 0.29) is 23.2 Å². The summed E-state index contributed by atoms with van der Waals surface area (Å²) in [5.74, 6) is -1.14. The molecule has 1 fully saturated rings. The monoisotopic (exact) mass is 499 g/mol. The zero-order valence-electron chi connectivity index (χ0n) is 19.0. The van der Waals surface area contributed by atoms with Gasteiger partial charge in [0.25, 0.3) is 0 Å². The summed E-state index contributed by atoms with van der Waals surface area (Å²) in [4.78, 5) is 4.21. The summed E-state index contributed by atoms with van der Waals surface area (Å²) in [5, 5.41) is 10.4. The van der Waals surface area contributed by atoms with Crippen molar-refractivity contribution >= 4 is 15.7 Å². The third kappa shape index (κ3) is 4.41. The van der Waals surface area contributed by atoms with E-state index >= 15 is 0 Å². The van der Waals surface area contributed by atoms with Crippen molar-refractivity contribution in [1.82, 2.24) is 9.71 Å². The number of aromatic nitrogens is 2. The summed E-state index contributed by atoms with van der Waals surface area (Å²) >= 11 is 0. The number of hydrogen-bond acceptors (Lipinski definition) is 5. The van der Waals surface area contributed by atoms with Crippen LogP contribution in [-0.4, -0.2) is 29.1 Å². The van der Waals surface area contributed by atoms with Gasteiger partial charge < -0.3 is 9.94 Å². The average Bonchev–Trinajstić information content (AvgIpc) is 3.54. The lowest BCUT2D eigenvalue weighted by atomic mass is 9.95. The predicted molar refractivity (Wildman–Crippen MR) is 128 cm³/mol. The van der Waals surface area contributed by atoms with Crippen molar-refractivity contribution in [3.8, 4) is 34.0 Å². The van der Waals surface area contributed by atoms with Crippen molar-refractivity contribution in [3.63, 3.8) is 0 Å². The van der Waals surface area contributed by atoms with Crippen LogP contribution in [0.5, 0.6) is 11.5 Å². The maximum Gasteiger partial charge on any atom is 0.232 e. The van der Waals surface area contributed by atoms with Crippen molar-refractivity contribution in [3.05, 3.63) is 71.6 Å². The van der Waals surface area contributed by atoms with Crippen LogP contribution in [0, 0.1) is 18.6 Å². The average molecular weight is 500 g/mol. The molecular weight excluding hydrogens is 476 g/mol. The minimum absolute atomic E-state index is 0.0997. The van der Waals surface area contributed by atoms with Crippen LogP contribution in [0.25, 0.3) is 22.5 Å². The maximum atomic E-state index is 14.5. The fraction of sp³-hybridized carbons (Fsp3) is 0.240. The van der Waals surface area contributed by atoms with E-state index in [0.29, 0.717) is 33.9 Å². The second kappa shape index (κ2) is 8.53. The lowest BCUT2D eigenvalue weighted by Crippen LogP contribution is -2.16. The van der Waals surface area contributed by atoms with E-state index in [1.165, 1.54) is 6.07 Å². The Labute approximate surface area is 201 Å². The fourth-order valence-electron chi connectivity index (χ4n) is 4.07. The molecule has 2 N–H and O–H groups in total. The van der Waals surface area contributed by atoms with Crippen LogP contribution in [-0.2, 0) is 10.0 Å². The second-order valence-corrected chi connectivity index (χ2v) is 10.6. The van der Waals surface area contributed by atoms with Crippen molar-refractivity contribution in [2.75, 3.05) is 10.5 Å². The van der Waals surface area contributed by atoms with E-state index in [2.05, 4.69) is 9.71 Å². The minimum atomic E-state index is -3.58. The SMILES string of the molecule is CCS(=O)(=O)Nc1cc(-c2cc(C)n(O)c3nccc2-3)c(Oc2ccc(F)cc2F)cc1C1CC1. The summed E-state index contributed by atoms with van der Waals surface area (Å²) in [5.41, 5.74) is 3.30. The van der Waals surface area contributed by atoms with Gasteiger partial charge in [0.2, 0.25) is 10.0 Å². The Kier molecular flexibility index (Phi) is 5.63. The van der Waals surface area contributed by atoms with Crippen molar-refractivity contribution in [1.29, 1.82) is 0 Å². The molecule has 0 bridgehead atoms. The third-order valence-corrected chi connectivity index (χ3v) is 7.37. The molecule has 3 aliphatic rings. The summed E-state index contributed by atoms with van der Waals surface area (Å²) in [6.45, 7) is 3.24. The summed E-state index contributed by atoms with van der Waals surface area (Å²) in [6, 6.07) is 9.84. The fourth-order valence-corrected chi connectivity index (χ4v) is 4.73. The molecular formula is C25H23F2N3O4S. The molecule has 2 heterocycles. The van der Waals surface area contributed by atoms with E-state index in [1.807, 2.05) is 0 Å². The molecule has 182 valence electrons. The van der Waals surface area contributed by atoms with Gasteiger partial charge in [-0.2, -0.15) is 4.73 Å². The molecule has 0 saturated heterocycles. The van der Waals surface area contributed by atoms with Crippen LogP contribution in [0.1, 0.15) is 36.9 Å². The molecule has 2 aromatic rings. The van der Waals surface area contributed by atoms with Crippen LogP contribution in [0.4, 0.5) is 14.5 Å². The first-order valence-corrected chi connectivity index (χ1v) is 12.8. The van der Waals surface area contributed by atoms with E-state index in [0.717, 1.165) is 35.3 Å². The zero-order valence-corrected chi connectivity index (χ0v) is 19.9. The number of halogens is 2. The Balaban J connectivity index is 1.75. The molecule has 35 heavy (non-hydrogen) atoms. The van der Waals surface area contributed by atoms with Gasteiger partial charge in [-0.1, -0.05) is 0 Å². The molecule has 0 amide bonds. The summed E-state index contributed by atoms with van der Waals surface area (Å²) in [7, 11) is -3.58. The van der Waals surface area contributed by atoms with Crippen LogP contribution in [0.15, 0.2) is 48.7 Å². The Morgan fingerprint density at radius 3 is 2.54 bits per heavy atom. The van der Waals surface area contributed by atoms with Gasteiger partial charge in [0.1, 0.15) is 11.6 Å². The van der Waals surface area contributed by atoms with Gasteiger partial charge in [0.15, 0.2) is 17.4 Å². The van der Waals surface area contributed by atoms with Crippen molar-refractivity contribution in [2.45, 2.75) is 32.6 Å². The van der Waals surface area contributed by atoms with Crippen LogP contribution >= 0.6 is 0 Å². The molecule has 5 rings (SSSR count). The number of nitrogens with one attached hydrogen (secondary N) is 1. The Morgan fingerprint density at radius 2 is 1.86 bits per heavy atom. The van der Waals surface area contributed by atoms with Gasteiger partial charge in [-0.05, 0) is 80.1 Å². The minimum Gasteiger partial charge on any atom is -0.454 e. The number of pyridine rings is 1. The van der Waals surface area contributed by atoms with Crippen LogP contribution in [0.3, 0.4) is 0 Å². The molecule has 1 aliphatic carbocycles. The highest BCUT2D eigenvalue weighted by atomic mass is 32.2. The summed E-state index contributed by atoms with van der Waals surface area (Å²) in [6.07, 6.45) is 3.31. The van der Waals surface area contributed by atoms with Gasteiger partial charge >= 0.3 is 0 Å². The molecule has 0 spiro atoms. The number of fused-ring (bicyclic) bond motifs is 1. The van der Waals surface area contributed by atoms with Gasteiger partial charge in [-0.15, -0.1) is 0 Å². The highest BCUT2D eigenvalue weighted by molar-refractivity contribution is 7.92. The summed E-state index contributed by atoms with van der Waals surface area (Å²) < 4.78 is 62.5. The zero-order chi connectivity index (χ0) is 24.9. The first kappa shape index (κ1) is 23.1. The van der Waals surface area contributed by atoms with E-state index < -0.39 is 21.7 Å². The maximum absolute atomic E-state index is 14.5. The molecule has 10 heteroatoms. The van der Waals surface area contributed by atoms with Crippen molar-refractivity contribution < 1.29 is 27.1 Å². The van der Waals surface area contributed by atoms with Gasteiger partial charge in [0, 0.05) is 23.4 Å². The quantitative estimate of drug-likeness (QED) is 0.308. The van der Waals surface area contributed by atoms with Gasteiger partial charge in [-0.3, -0.25) is 4.72 Å². The molecule has 7 nitrogen and oxygen atoms in total. The molecule has 1 saturated carbocycles. The highest BCUT2D eigenvalue weighted by Gasteiger charge is 2.30. The number of hydrogen-bond donors (Lipinski definition) is 2. The highest BCUT2D eigenvalue weighted by Crippen LogP contribution is 2.49. The van der Waals surface area contributed by atoms with E-state index in [1.54, 1.807) is 44.3 Å². The number of anilines is 1. The smallest absolute Gasteiger partial charge is 0.232 e. The number of sulfonamides is 1. The number of rotatable bonds is 7. The molecule has 0 atom stereocenters. The lowest BCUT2D eigenvalue weighted by molar-refractivity contribution is 0.180. The molecule has 2 aliphatic heterocycles. The largest absolute Gasteiger partial charge is 0.454 e. The second-order valence-electron chi connectivity index (χ2n) is 8.59. The van der Waals surface area contributed by atoms with Gasteiger partial charge in [-0.25, -0.2) is 22.2 Å². The van der Waals surface area contributed by atoms with Crippen molar-refractivity contribution in [2.24, 2.45) is 0 Å². The standard InChI is InChI=1S/C25H23F2N3O4S/c1-3-35(32,33)29-22-12-20(19-10-14(2)30(31)25-17(19)8-9-28-25)24(13-18(22)15-4-5-15)34-23-7-6-16(26)11-21(23)27/h6-13,15,29,31H,3-5H2,1-2H3. The number of ether oxygens (including phenoxy) is 1. The van der Waals surface area contributed by atoms with Crippen LogP contribution in [0.2, 0.25) is 0 Å². The molecule has 0 aromatic heterocycles. The molecule has 2 aromatic carbocycles. The Bertz CT molecular complexity index is 1510. The normalized spacial score (nSPS) is 13.8. The topological polar surface area (TPSA) is 93.5 Å². The van der Waals surface area contributed by atoms with Crippen LogP contribution < -0.4 is 9.46 Å². The third-order valence-electron chi connectivity index (χ3n) is 6.08. The van der Waals surface area contributed by atoms with Gasteiger partial charge in [0.05, 0.1) is 17.1 Å². The van der Waals surface area contributed by atoms with E-state index in [4.69, 9.17) is 4.74 Å². The molecule has 0 unspecified atom stereocenters. The first-order chi connectivity index (χ1) is 16.7. The number of benzene rings is 2. The lowest BCUT2D eigenvalue weighted by Gasteiger charge is -2.20. The van der Waals surface area contributed by atoms with E-state index in [9.17, 15) is 22.4 Å². The molecule has 0 radical (unpaired) electrons.